The summed E-state index contributed by atoms with van der Waals surface area (Å²) in [5, 5.41) is 4.04. The second-order valence-corrected chi connectivity index (χ2v) is 6.89. The number of aryl methyl sites for hydroxylation is 1. The van der Waals surface area contributed by atoms with Crippen LogP contribution >= 0.6 is 0 Å². The molecule has 1 saturated heterocycles. The first-order chi connectivity index (χ1) is 14.0. The minimum atomic E-state index is -0.427. The summed E-state index contributed by atoms with van der Waals surface area (Å²) in [6, 6.07) is 9.98. The van der Waals surface area contributed by atoms with Crippen LogP contribution in [0.4, 0.5) is 10.1 Å². The molecule has 0 bridgehead atoms. The number of nitrogens with zero attached hydrogens (tertiary/aromatic N) is 3. The van der Waals surface area contributed by atoms with Crippen molar-refractivity contribution in [3.8, 4) is 23.0 Å². The van der Waals surface area contributed by atoms with Crippen molar-refractivity contribution in [2.45, 2.75) is 19.3 Å². The van der Waals surface area contributed by atoms with E-state index in [1.54, 1.807) is 44.6 Å². The lowest BCUT2D eigenvalue weighted by Crippen LogP contribution is -2.25. The van der Waals surface area contributed by atoms with Crippen molar-refractivity contribution in [3.63, 3.8) is 0 Å². The number of carbonyl (C=O) groups is 1. The Morgan fingerprint density at radius 3 is 2.69 bits per heavy atom. The number of ether oxygens (including phenoxy) is 2. The average molecular weight is 397 g/mol. The van der Waals surface area contributed by atoms with Gasteiger partial charge in [-0.2, -0.15) is 4.98 Å². The molecule has 1 atom stereocenters. The number of hydrogen-bond acceptors (Lipinski definition) is 6. The number of benzene rings is 2. The third-order valence-electron chi connectivity index (χ3n) is 4.95. The Morgan fingerprint density at radius 2 is 1.93 bits per heavy atom. The first-order valence-electron chi connectivity index (χ1n) is 9.12. The van der Waals surface area contributed by atoms with Crippen molar-refractivity contribution < 1.29 is 23.2 Å². The number of aromatic nitrogens is 2. The molecule has 2 heterocycles. The van der Waals surface area contributed by atoms with Crippen LogP contribution in [0.25, 0.3) is 11.5 Å². The highest BCUT2D eigenvalue weighted by molar-refractivity contribution is 5.96. The lowest BCUT2D eigenvalue weighted by atomic mass is 10.1. The molecule has 29 heavy (non-hydrogen) atoms. The summed E-state index contributed by atoms with van der Waals surface area (Å²) in [6.07, 6.45) is 0.193. The Hall–Kier alpha value is -3.42. The van der Waals surface area contributed by atoms with Gasteiger partial charge < -0.3 is 18.9 Å². The van der Waals surface area contributed by atoms with Gasteiger partial charge in [-0.3, -0.25) is 4.79 Å². The number of carbonyl (C=O) groups excluding carboxylic acids is 1. The molecule has 2 aromatic carbocycles. The summed E-state index contributed by atoms with van der Waals surface area (Å²) < 4.78 is 30.1. The van der Waals surface area contributed by atoms with Gasteiger partial charge in [-0.25, -0.2) is 4.39 Å². The molecule has 4 rings (SSSR count). The molecule has 3 aromatic rings. The monoisotopic (exact) mass is 397 g/mol. The van der Waals surface area contributed by atoms with Crippen LogP contribution in [0.15, 0.2) is 40.9 Å². The van der Waals surface area contributed by atoms with E-state index in [0.717, 1.165) is 5.56 Å². The van der Waals surface area contributed by atoms with Crippen LogP contribution in [-0.2, 0) is 4.79 Å². The Kier molecular flexibility index (Phi) is 4.92. The lowest BCUT2D eigenvalue weighted by Gasteiger charge is -2.17. The molecule has 1 aliphatic rings. The Labute approximate surface area is 167 Å². The van der Waals surface area contributed by atoms with Gasteiger partial charge >= 0.3 is 0 Å². The largest absolute Gasteiger partial charge is 0.493 e. The zero-order valence-corrected chi connectivity index (χ0v) is 16.3. The molecule has 1 aromatic heterocycles. The van der Waals surface area contributed by atoms with Gasteiger partial charge in [0.1, 0.15) is 5.82 Å². The highest BCUT2D eigenvalue weighted by atomic mass is 19.1. The number of halogens is 1. The topological polar surface area (TPSA) is 77.7 Å². The first-order valence-corrected chi connectivity index (χ1v) is 9.12. The van der Waals surface area contributed by atoms with E-state index < -0.39 is 5.82 Å². The zero-order chi connectivity index (χ0) is 20.5. The second-order valence-electron chi connectivity index (χ2n) is 6.89. The van der Waals surface area contributed by atoms with Crippen LogP contribution in [0.3, 0.4) is 0 Å². The van der Waals surface area contributed by atoms with Gasteiger partial charge in [0.2, 0.25) is 5.91 Å². The van der Waals surface area contributed by atoms with E-state index >= 15 is 0 Å². The first kappa shape index (κ1) is 18.9. The van der Waals surface area contributed by atoms with Gasteiger partial charge in [-0.05, 0) is 42.8 Å². The highest BCUT2D eigenvalue weighted by Gasteiger charge is 2.35. The van der Waals surface area contributed by atoms with Gasteiger partial charge in [0.15, 0.2) is 17.3 Å². The number of hydrogen-bond donors (Lipinski definition) is 0. The third-order valence-corrected chi connectivity index (χ3v) is 4.95. The average Bonchev–Trinajstić information content (AvgIpc) is 3.36. The molecule has 1 aliphatic heterocycles. The lowest BCUT2D eigenvalue weighted by molar-refractivity contribution is -0.117. The van der Waals surface area contributed by atoms with Crippen molar-refractivity contribution in [1.29, 1.82) is 0 Å². The quantitative estimate of drug-likeness (QED) is 0.653. The summed E-state index contributed by atoms with van der Waals surface area (Å²) >= 11 is 0. The summed E-state index contributed by atoms with van der Waals surface area (Å²) in [6.45, 7) is 2.15. The maximum atomic E-state index is 14.2. The molecule has 1 unspecified atom stereocenters. The zero-order valence-electron chi connectivity index (χ0n) is 16.3. The Bertz CT molecular complexity index is 1070. The fraction of sp³-hybridized carbons (Fsp3) is 0.286. The number of anilines is 1. The summed E-state index contributed by atoms with van der Waals surface area (Å²) in [7, 11) is 3.10. The molecule has 0 aliphatic carbocycles. The third kappa shape index (κ3) is 3.53. The second kappa shape index (κ2) is 7.54. The van der Waals surface area contributed by atoms with Gasteiger partial charge in [0.25, 0.3) is 5.89 Å². The molecule has 0 N–H and O–H groups in total. The van der Waals surface area contributed by atoms with Crippen LogP contribution in [0.2, 0.25) is 0 Å². The number of methoxy groups -OCH3 is 2. The van der Waals surface area contributed by atoms with Gasteiger partial charge in [-0.15, -0.1) is 0 Å². The summed E-state index contributed by atoms with van der Waals surface area (Å²) in [5.41, 5.74) is 1.83. The van der Waals surface area contributed by atoms with E-state index in [9.17, 15) is 9.18 Å². The molecule has 1 amide bonds. The van der Waals surface area contributed by atoms with E-state index in [1.807, 2.05) is 6.92 Å². The van der Waals surface area contributed by atoms with Gasteiger partial charge in [0, 0.05) is 24.4 Å². The molecule has 0 radical (unpaired) electrons. The van der Waals surface area contributed by atoms with Crippen molar-refractivity contribution in [2.75, 3.05) is 25.7 Å². The van der Waals surface area contributed by atoms with E-state index in [2.05, 4.69) is 10.1 Å². The maximum absolute atomic E-state index is 14.2. The molecular formula is C21H20FN3O4. The molecule has 150 valence electrons. The minimum Gasteiger partial charge on any atom is -0.493 e. The standard InChI is InChI=1S/C21H20FN3O4/c1-12-4-6-15(22)16(8-12)25-11-14(10-19(25)26)20-23-21(29-24-20)13-5-7-17(27-2)18(9-13)28-3/h4-9,14H,10-11H2,1-3H3. The van der Waals surface area contributed by atoms with Gasteiger partial charge in [0.05, 0.1) is 19.9 Å². The van der Waals surface area contributed by atoms with E-state index in [4.69, 9.17) is 14.0 Å². The molecule has 1 fully saturated rings. The maximum Gasteiger partial charge on any atom is 0.258 e. The van der Waals surface area contributed by atoms with Crippen molar-refractivity contribution in [1.82, 2.24) is 10.1 Å². The predicted molar refractivity (Wildman–Crippen MR) is 104 cm³/mol. The molecule has 7 nitrogen and oxygen atoms in total. The summed E-state index contributed by atoms with van der Waals surface area (Å²) in [4.78, 5) is 18.4. The molecular weight excluding hydrogens is 377 g/mol. The Balaban J connectivity index is 1.58. The fourth-order valence-corrected chi connectivity index (χ4v) is 3.43. The van der Waals surface area contributed by atoms with Crippen LogP contribution < -0.4 is 14.4 Å². The Morgan fingerprint density at radius 1 is 1.14 bits per heavy atom. The van der Waals surface area contributed by atoms with E-state index in [-0.39, 0.29) is 23.9 Å². The highest BCUT2D eigenvalue weighted by Crippen LogP contribution is 2.35. The molecule has 0 saturated carbocycles. The smallest absolute Gasteiger partial charge is 0.258 e. The molecule has 8 heteroatoms. The minimum absolute atomic E-state index is 0.169. The predicted octanol–water partition coefficient (Wildman–Crippen LogP) is 3.72. The fourth-order valence-electron chi connectivity index (χ4n) is 3.43. The molecule has 0 spiro atoms. The van der Waals surface area contributed by atoms with Crippen LogP contribution in [0, 0.1) is 12.7 Å². The number of amides is 1. The normalized spacial score (nSPS) is 16.3. The summed E-state index contributed by atoms with van der Waals surface area (Å²) in [5.74, 6) is 0.989. The van der Waals surface area contributed by atoms with Crippen molar-refractivity contribution in [2.24, 2.45) is 0 Å². The van der Waals surface area contributed by atoms with Gasteiger partial charge in [-0.1, -0.05) is 11.2 Å². The van der Waals surface area contributed by atoms with Crippen molar-refractivity contribution >= 4 is 11.6 Å². The van der Waals surface area contributed by atoms with Crippen LogP contribution in [0.5, 0.6) is 11.5 Å². The van der Waals surface area contributed by atoms with Crippen molar-refractivity contribution in [3.05, 3.63) is 53.6 Å². The SMILES string of the molecule is COc1ccc(-c2nc(C3CC(=O)N(c4cc(C)ccc4F)C3)no2)cc1OC. The van der Waals surface area contributed by atoms with E-state index in [1.165, 1.54) is 11.0 Å². The van der Waals surface area contributed by atoms with E-state index in [0.29, 0.717) is 35.3 Å². The van der Waals surface area contributed by atoms with Crippen LogP contribution in [0.1, 0.15) is 23.7 Å². The number of rotatable bonds is 5. The van der Waals surface area contributed by atoms with Crippen LogP contribution in [-0.4, -0.2) is 36.8 Å².